The average molecular weight is 196 g/mol. The summed E-state index contributed by atoms with van der Waals surface area (Å²) in [5.74, 6) is -1.76. The van der Waals surface area contributed by atoms with Gasteiger partial charge in [-0.3, -0.25) is 4.99 Å². The Morgan fingerprint density at radius 2 is 2.00 bits per heavy atom. The summed E-state index contributed by atoms with van der Waals surface area (Å²) < 4.78 is 36.1. The topological polar surface area (TPSA) is 75.7 Å². The Labute approximate surface area is 71.6 Å². The third kappa shape index (κ3) is 2.77. The van der Waals surface area contributed by atoms with E-state index in [0.29, 0.717) is 6.20 Å². The number of halogens is 3. The van der Waals surface area contributed by atoms with E-state index < -0.39 is 23.4 Å². The van der Waals surface area contributed by atoms with Crippen LogP contribution in [0.25, 0.3) is 0 Å². The SMILES string of the molecule is CN=C(/C(=C\N)C(=O)O)C(F)(F)F. The quantitative estimate of drug-likeness (QED) is 0.500. The van der Waals surface area contributed by atoms with Gasteiger partial charge in [0.1, 0.15) is 5.57 Å². The van der Waals surface area contributed by atoms with Crippen molar-refractivity contribution in [3.8, 4) is 0 Å². The molecule has 0 amide bonds. The normalized spacial score (nSPS) is 14.5. The maximum Gasteiger partial charge on any atom is 0.433 e. The van der Waals surface area contributed by atoms with E-state index in [2.05, 4.69) is 4.99 Å². The lowest BCUT2D eigenvalue weighted by molar-refractivity contribution is -0.132. The second-order valence-corrected chi connectivity index (χ2v) is 1.96. The Morgan fingerprint density at radius 1 is 1.54 bits per heavy atom. The molecular weight excluding hydrogens is 189 g/mol. The van der Waals surface area contributed by atoms with Crippen molar-refractivity contribution in [3.63, 3.8) is 0 Å². The Balaban J connectivity index is 5.13. The number of hydrogen-bond donors (Lipinski definition) is 2. The van der Waals surface area contributed by atoms with Gasteiger partial charge in [0.15, 0.2) is 5.71 Å². The molecule has 0 heterocycles. The van der Waals surface area contributed by atoms with Gasteiger partial charge in [0.25, 0.3) is 0 Å². The number of alkyl halides is 3. The Hall–Kier alpha value is -1.53. The second kappa shape index (κ2) is 3.92. The fraction of sp³-hybridized carbons (Fsp3) is 0.333. The zero-order valence-electron chi connectivity index (χ0n) is 6.59. The number of aliphatic carboxylic acids is 1. The van der Waals surface area contributed by atoms with E-state index >= 15 is 0 Å². The fourth-order valence-corrected chi connectivity index (χ4v) is 0.651. The molecule has 0 bridgehead atoms. The highest BCUT2D eigenvalue weighted by molar-refractivity contribution is 6.21. The lowest BCUT2D eigenvalue weighted by Gasteiger charge is -2.09. The summed E-state index contributed by atoms with van der Waals surface area (Å²) in [5, 5.41) is 8.31. The molecule has 0 aliphatic heterocycles. The minimum absolute atomic E-state index is 0.359. The van der Waals surface area contributed by atoms with Crippen LogP contribution in [-0.4, -0.2) is 30.0 Å². The summed E-state index contributed by atoms with van der Waals surface area (Å²) >= 11 is 0. The zero-order valence-corrected chi connectivity index (χ0v) is 6.59. The van der Waals surface area contributed by atoms with Gasteiger partial charge in [-0.1, -0.05) is 0 Å². The molecule has 0 saturated carbocycles. The molecule has 0 aromatic rings. The van der Waals surface area contributed by atoms with Gasteiger partial charge in [0, 0.05) is 13.2 Å². The van der Waals surface area contributed by atoms with Crippen molar-refractivity contribution in [2.75, 3.05) is 7.05 Å². The van der Waals surface area contributed by atoms with Crippen LogP contribution in [-0.2, 0) is 4.79 Å². The molecule has 74 valence electrons. The van der Waals surface area contributed by atoms with Gasteiger partial charge in [0.2, 0.25) is 0 Å². The van der Waals surface area contributed by atoms with Crippen LogP contribution in [0.3, 0.4) is 0 Å². The smallest absolute Gasteiger partial charge is 0.433 e. The van der Waals surface area contributed by atoms with Crippen molar-refractivity contribution in [3.05, 3.63) is 11.8 Å². The predicted octanol–water partition coefficient (Wildman–Crippen LogP) is 0.547. The van der Waals surface area contributed by atoms with Crippen molar-refractivity contribution >= 4 is 11.7 Å². The summed E-state index contributed by atoms with van der Waals surface area (Å²) in [6.45, 7) is 0. The molecule has 0 fully saturated rings. The van der Waals surface area contributed by atoms with Gasteiger partial charge in [-0.05, 0) is 0 Å². The van der Waals surface area contributed by atoms with Crippen molar-refractivity contribution < 1.29 is 23.1 Å². The van der Waals surface area contributed by atoms with E-state index in [1.54, 1.807) is 0 Å². The molecule has 0 unspecified atom stereocenters. The molecule has 0 aliphatic rings. The minimum Gasteiger partial charge on any atom is -0.478 e. The molecule has 3 N–H and O–H groups in total. The summed E-state index contributed by atoms with van der Waals surface area (Å²) in [4.78, 5) is 13.1. The van der Waals surface area contributed by atoms with Crippen LogP contribution in [0.1, 0.15) is 0 Å². The Bertz CT molecular complexity index is 268. The molecule has 13 heavy (non-hydrogen) atoms. The fourth-order valence-electron chi connectivity index (χ4n) is 0.651. The highest BCUT2D eigenvalue weighted by Gasteiger charge is 2.39. The van der Waals surface area contributed by atoms with Crippen LogP contribution < -0.4 is 5.73 Å². The first-order valence-electron chi connectivity index (χ1n) is 3.04. The van der Waals surface area contributed by atoms with Crippen LogP contribution in [0, 0.1) is 0 Å². The molecular formula is C6H7F3N2O2. The lowest BCUT2D eigenvalue weighted by Crippen LogP contribution is -2.29. The van der Waals surface area contributed by atoms with Gasteiger partial charge in [0.05, 0.1) is 0 Å². The number of nitrogens with zero attached hydrogens (tertiary/aromatic N) is 1. The van der Waals surface area contributed by atoms with Crippen molar-refractivity contribution in [1.29, 1.82) is 0 Å². The number of hydrogen-bond acceptors (Lipinski definition) is 3. The summed E-state index contributed by atoms with van der Waals surface area (Å²) in [7, 11) is 0.843. The number of carboxylic acid groups (broad SMARTS) is 1. The van der Waals surface area contributed by atoms with Crippen molar-refractivity contribution in [2.45, 2.75) is 6.18 Å². The molecule has 7 heteroatoms. The molecule has 4 nitrogen and oxygen atoms in total. The van der Waals surface area contributed by atoms with Gasteiger partial charge in [-0.25, -0.2) is 4.79 Å². The number of carbonyl (C=O) groups is 1. The van der Waals surface area contributed by atoms with Gasteiger partial charge in [-0.15, -0.1) is 0 Å². The maximum atomic E-state index is 12.0. The summed E-state index contributed by atoms with van der Waals surface area (Å²) in [6, 6.07) is 0. The molecule has 0 atom stereocenters. The van der Waals surface area contributed by atoms with Gasteiger partial charge >= 0.3 is 12.1 Å². The predicted molar refractivity (Wildman–Crippen MR) is 39.3 cm³/mol. The third-order valence-corrected chi connectivity index (χ3v) is 1.14. The van der Waals surface area contributed by atoms with E-state index in [0.717, 1.165) is 7.05 Å². The molecule has 0 aliphatic carbocycles. The first kappa shape index (κ1) is 11.5. The van der Waals surface area contributed by atoms with E-state index in [1.165, 1.54) is 0 Å². The van der Waals surface area contributed by atoms with Crippen molar-refractivity contribution in [2.24, 2.45) is 10.7 Å². The highest BCUT2D eigenvalue weighted by Crippen LogP contribution is 2.21. The third-order valence-electron chi connectivity index (χ3n) is 1.14. The molecule has 0 aromatic heterocycles. The average Bonchev–Trinajstić information content (AvgIpc) is 1.96. The zero-order chi connectivity index (χ0) is 10.6. The Kier molecular flexibility index (Phi) is 3.46. The van der Waals surface area contributed by atoms with E-state index in [-0.39, 0.29) is 0 Å². The number of nitrogens with two attached hydrogens (primary N) is 1. The first-order valence-corrected chi connectivity index (χ1v) is 3.04. The van der Waals surface area contributed by atoms with E-state index in [9.17, 15) is 18.0 Å². The highest BCUT2D eigenvalue weighted by atomic mass is 19.4. The van der Waals surface area contributed by atoms with Gasteiger partial charge in [-0.2, -0.15) is 13.2 Å². The maximum absolute atomic E-state index is 12.0. The molecule has 0 aromatic carbocycles. The molecule has 0 rings (SSSR count). The van der Waals surface area contributed by atoms with Crippen LogP contribution in [0.5, 0.6) is 0 Å². The number of carboxylic acids is 1. The molecule has 0 spiro atoms. The standard InChI is InChI=1S/C6H7F3N2O2/c1-11-4(6(7,8)9)3(2-10)5(12)13/h2H,10H2,1H3,(H,12,13)/b3-2+,11-4?. The van der Waals surface area contributed by atoms with Crippen molar-refractivity contribution in [1.82, 2.24) is 0 Å². The lowest BCUT2D eigenvalue weighted by atomic mass is 10.1. The molecule has 0 radical (unpaired) electrons. The van der Waals surface area contributed by atoms with E-state index in [4.69, 9.17) is 10.8 Å². The minimum atomic E-state index is -4.81. The Morgan fingerprint density at radius 3 is 2.08 bits per heavy atom. The summed E-state index contributed by atoms with van der Waals surface area (Å²) in [5.41, 5.74) is 2.17. The van der Waals surface area contributed by atoms with Crippen LogP contribution in [0.4, 0.5) is 13.2 Å². The monoisotopic (exact) mass is 196 g/mol. The molecule has 0 saturated heterocycles. The van der Waals surface area contributed by atoms with Gasteiger partial charge < -0.3 is 10.8 Å². The second-order valence-electron chi connectivity index (χ2n) is 1.96. The van der Waals surface area contributed by atoms with Crippen LogP contribution >= 0.6 is 0 Å². The first-order chi connectivity index (χ1) is 5.84. The summed E-state index contributed by atoms with van der Waals surface area (Å²) in [6.07, 6.45) is -4.45. The van der Waals surface area contributed by atoms with Crippen LogP contribution in [0.2, 0.25) is 0 Å². The number of aliphatic imine (C=N–C) groups is 1. The van der Waals surface area contributed by atoms with E-state index in [1.807, 2.05) is 0 Å². The number of rotatable bonds is 2. The largest absolute Gasteiger partial charge is 0.478 e. The van der Waals surface area contributed by atoms with Crippen LogP contribution in [0.15, 0.2) is 16.8 Å².